The van der Waals surface area contributed by atoms with Crippen molar-refractivity contribution in [3.63, 3.8) is 0 Å². The predicted octanol–water partition coefficient (Wildman–Crippen LogP) is 3.44. The van der Waals surface area contributed by atoms with Crippen LogP contribution in [0.2, 0.25) is 0 Å². The Morgan fingerprint density at radius 3 is 2.52 bits per heavy atom. The lowest BCUT2D eigenvalue weighted by atomic mass is 9.92. The fraction of sp³-hybridized carbons (Fsp3) is 0.524. The molecule has 0 N–H and O–H groups in total. The first-order valence-corrected chi connectivity index (χ1v) is 9.81. The third-order valence-electron chi connectivity index (χ3n) is 5.02. The van der Waals surface area contributed by atoms with Crippen molar-refractivity contribution in [3.05, 3.63) is 52.4 Å². The quantitative estimate of drug-likeness (QED) is 0.683. The van der Waals surface area contributed by atoms with E-state index in [0.29, 0.717) is 32.4 Å². The van der Waals surface area contributed by atoms with Gasteiger partial charge < -0.3 is 9.47 Å². The molecule has 1 aromatic carbocycles. The maximum absolute atomic E-state index is 14.4. The number of ether oxygens (including phenoxy) is 2. The van der Waals surface area contributed by atoms with Crippen LogP contribution in [0.3, 0.4) is 0 Å². The number of alkyl halides is 3. The molecule has 0 bridgehead atoms. The lowest BCUT2D eigenvalue weighted by Gasteiger charge is -2.25. The van der Waals surface area contributed by atoms with Gasteiger partial charge in [-0.25, -0.2) is 4.39 Å². The largest absolute Gasteiger partial charge is 0.419 e. The highest BCUT2D eigenvalue weighted by Crippen LogP contribution is 2.32. The lowest BCUT2D eigenvalue weighted by Crippen LogP contribution is -2.37. The highest BCUT2D eigenvalue weighted by Gasteiger charge is 2.35. The molecule has 6 nitrogen and oxygen atoms in total. The van der Waals surface area contributed by atoms with E-state index in [1.165, 1.54) is 0 Å². The Morgan fingerprint density at radius 1 is 1.23 bits per heavy atom. The summed E-state index contributed by atoms with van der Waals surface area (Å²) in [4.78, 5) is 16.6. The van der Waals surface area contributed by atoms with Crippen molar-refractivity contribution in [1.82, 2.24) is 9.36 Å². The molecule has 31 heavy (non-hydrogen) atoms. The fourth-order valence-electron chi connectivity index (χ4n) is 3.50. The number of benzene rings is 1. The summed E-state index contributed by atoms with van der Waals surface area (Å²) >= 11 is 0. The van der Waals surface area contributed by atoms with Crippen LogP contribution in [0.25, 0.3) is 0 Å². The van der Waals surface area contributed by atoms with E-state index in [1.54, 1.807) is 17.8 Å². The zero-order valence-electron chi connectivity index (χ0n) is 17.8. The van der Waals surface area contributed by atoms with Gasteiger partial charge in [-0.1, -0.05) is 26.8 Å². The molecule has 170 valence electrons. The predicted molar refractivity (Wildman–Crippen MR) is 104 cm³/mol. The number of hydrogen-bond acceptors (Lipinski definition) is 3. The van der Waals surface area contributed by atoms with Crippen molar-refractivity contribution < 1.29 is 31.8 Å². The van der Waals surface area contributed by atoms with Crippen LogP contribution in [0.4, 0.5) is 17.6 Å². The Labute approximate surface area is 177 Å². The van der Waals surface area contributed by atoms with Gasteiger partial charge in [-0.3, -0.25) is 14.2 Å². The first-order chi connectivity index (χ1) is 14.4. The first-order valence-electron chi connectivity index (χ1n) is 9.81. The van der Waals surface area contributed by atoms with Gasteiger partial charge in [0.25, 0.3) is 5.91 Å². The van der Waals surface area contributed by atoms with E-state index in [-0.39, 0.29) is 17.0 Å². The Kier molecular flexibility index (Phi) is 6.43. The van der Waals surface area contributed by atoms with Gasteiger partial charge in [-0.15, -0.1) is 0 Å². The second kappa shape index (κ2) is 8.58. The average molecular weight is 443 g/mol. The molecule has 1 unspecified atom stereocenters. The van der Waals surface area contributed by atoms with Crippen molar-refractivity contribution in [2.45, 2.75) is 45.0 Å². The van der Waals surface area contributed by atoms with Crippen LogP contribution in [0.15, 0.2) is 29.3 Å². The third-order valence-corrected chi connectivity index (χ3v) is 5.02. The molecule has 10 heteroatoms. The molecule has 2 heterocycles. The maximum Gasteiger partial charge on any atom is 0.419 e. The molecule has 0 saturated carbocycles. The molecule has 2 aromatic rings. The number of carbonyl (C=O) groups is 1. The summed E-state index contributed by atoms with van der Waals surface area (Å²) in [6.07, 6.45) is -5.19. The fourth-order valence-corrected chi connectivity index (χ4v) is 3.50. The standard InChI is InChI=1S/C21H25F4N3O3/c1-20(2,3)16-10-17(28(27(16)4)11-13-12-30-8-9-31-13)26-19(29)14-6-5-7-15(18(14)22)21(23,24)25/h5-7,10,13H,8-9,11-12H2,1-4H3. The van der Waals surface area contributed by atoms with E-state index in [2.05, 4.69) is 4.99 Å². The minimum absolute atomic E-state index is 0.198. The van der Waals surface area contributed by atoms with Gasteiger partial charge in [0.2, 0.25) is 0 Å². The first kappa shape index (κ1) is 23.2. The van der Waals surface area contributed by atoms with Gasteiger partial charge in [0.15, 0.2) is 5.49 Å². The van der Waals surface area contributed by atoms with Gasteiger partial charge >= 0.3 is 6.18 Å². The van der Waals surface area contributed by atoms with Crippen molar-refractivity contribution >= 4 is 5.91 Å². The highest BCUT2D eigenvalue weighted by molar-refractivity contribution is 5.95. The zero-order valence-corrected chi connectivity index (χ0v) is 17.8. The van der Waals surface area contributed by atoms with Crippen LogP contribution in [0.1, 0.15) is 42.4 Å². The summed E-state index contributed by atoms with van der Waals surface area (Å²) in [6.45, 7) is 7.53. The van der Waals surface area contributed by atoms with E-state index in [0.717, 1.165) is 17.8 Å². The molecule has 0 aliphatic carbocycles. The third kappa shape index (κ3) is 5.07. The minimum Gasteiger partial charge on any atom is -0.376 e. The highest BCUT2D eigenvalue weighted by atomic mass is 19.4. The van der Waals surface area contributed by atoms with Crippen LogP contribution >= 0.6 is 0 Å². The number of halogens is 4. The van der Waals surface area contributed by atoms with E-state index in [1.807, 2.05) is 25.5 Å². The SMILES string of the molecule is Cn1c(C(C)(C)C)cc(=NC(=O)c2cccc(C(F)(F)F)c2F)n1CC1COCCO1. The summed E-state index contributed by atoms with van der Waals surface area (Å²) in [6, 6.07) is 4.24. The molecule has 1 saturated heterocycles. The van der Waals surface area contributed by atoms with E-state index < -0.39 is 29.0 Å². The number of hydrogen-bond donors (Lipinski definition) is 0. The Hall–Kier alpha value is -2.46. The van der Waals surface area contributed by atoms with Crippen LogP contribution in [-0.4, -0.2) is 41.2 Å². The molecular weight excluding hydrogens is 418 g/mol. The number of nitrogens with zero attached hydrogens (tertiary/aromatic N) is 3. The topological polar surface area (TPSA) is 57.8 Å². The molecule has 0 spiro atoms. The number of amides is 1. The average Bonchev–Trinajstić information content (AvgIpc) is 2.98. The molecule has 1 aliphatic heterocycles. The van der Waals surface area contributed by atoms with Gasteiger partial charge in [0, 0.05) is 24.2 Å². The van der Waals surface area contributed by atoms with Crippen molar-refractivity contribution in [2.24, 2.45) is 12.0 Å². The molecule has 1 atom stereocenters. The van der Waals surface area contributed by atoms with Gasteiger partial charge in [-0.05, 0) is 12.1 Å². The Morgan fingerprint density at radius 2 is 1.94 bits per heavy atom. The van der Waals surface area contributed by atoms with E-state index in [4.69, 9.17) is 9.47 Å². The zero-order chi connectivity index (χ0) is 23.0. The normalized spacial score (nSPS) is 18.5. The summed E-state index contributed by atoms with van der Waals surface area (Å²) in [5.74, 6) is -2.73. The summed E-state index contributed by atoms with van der Waals surface area (Å²) < 4.78 is 68.1. The number of carbonyl (C=O) groups excluding carboxylic acids is 1. The molecule has 3 rings (SSSR count). The number of rotatable bonds is 3. The second-order valence-corrected chi connectivity index (χ2v) is 8.39. The van der Waals surface area contributed by atoms with Crippen molar-refractivity contribution in [1.29, 1.82) is 0 Å². The van der Waals surface area contributed by atoms with E-state index >= 15 is 0 Å². The van der Waals surface area contributed by atoms with Crippen molar-refractivity contribution in [2.75, 3.05) is 19.8 Å². The molecule has 0 radical (unpaired) electrons. The summed E-state index contributed by atoms with van der Waals surface area (Å²) in [5.41, 5.74) is -1.51. The monoisotopic (exact) mass is 443 g/mol. The molecule has 1 aliphatic rings. The smallest absolute Gasteiger partial charge is 0.376 e. The maximum atomic E-state index is 14.4. The lowest BCUT2D eigenvalue weighted by molar-refractivity contribution is -0.140. The van der Waals surface area contributed by atoms with Gasteiger partial charge in [0.05, 0.1) is 37.5 Å². The van der Waals surface area contributed by atoms with Crippen LogP contribution in [0, 0.1) is 5.82 Å². The number of aromatic nitrogens is 2. The molecule has 1 fully saturated rings. The molecule has 1 aromatic heterocycles. The molecule has 1 amide bonds. The van der Waals surface area contributed by atoms with Crippen LogP contribution in [-0.2, 0) is 34.7 Å². The molecular formula is C21H25F4N3O3. The van der Waals surface area contributed by atoms with Gasteiger partial charge in [0.1, 0.15) is 11.9 Å². The Balaban J connectivity index is 2.07. The summed E-state index contributed by atoms with van der Waals surface area (Å²) in [5, 5.41) is 0. The second-order valence-electron chi connectivity index (χ2n) is 8.39. The van der Waals surface area contributed by atoms with Crippen molar-refractivity contribution in [3.8, 4) is 0 Å². The van der Waals surface area contributed by atoms with Gasteiger partial charge in [-0.2, -0.15) is 18.2 Å². The minimum atomic E-state index is -4.91. The summed E-state index contributed by atoms with van der Waals surface area (Å²) in [7, 11) is 1.79. The van der Waals surface area contributed by atoms with E-state index in [9.17, 15) is 22.4 Å². The Bertz CT molecular complexity index is 1030. The van der Waals surface area contributed by atoms with Crippen LogP contribution < -0.4 is 5.49 Å². The van der Waals surface area contributed by atoms with Crippen LogP contribution in [0.5, 0.6) is 0 Å².